The first-order valence-corrected chi connectivity index (χ1v) is 8.07. The van der Waals surface area contributed by atoms with E-state index in [1.54, 1.807) is 11.3 Å². The zero-order valence-corrected chi connectivity index (χ0v) is 12.3. The molecule has 2 N–H and O–H groups in total. The van der Waals surface area contributed by atoms with E-state index in [4.69, 9.17) is 11.6 Å². The van der Waals surface area contributed by atoms with Gasteiger partial charge in [-0.2, -0.15) is 0 Å². The average Bonchev–Trinajstić information content (AvgIpc) is 3.13. The Bertz CT molecular complexity index is 686. The van der Waals surface area contributed by atoms with Crippen LogP contribution in [0.2, 0.25) is 5.15 Å². The molecule has 1 amide bonds. The van der Waals surface area contributed by atoms with Crippen molar-refractivity contribution >= 4 is 38.9 Å². The van der Waals surface area contributed by atoms with Crippen molar-refractivity contribution in [2.75, 3.05) is 0 Å². The highest BCUT2D eigenvalue weighted by Crippen LogP contribution is 2.30. The van der Waals surface area contributed by atoms with Crippen molar-refractivity contribution in [2.45, 2.75) is 37.4 Å². The summed E-state index contributed by atoms with van der Waals surface area (Å²) in [6.07, 6.45) is 3.39. The standard InChI is InChI=1S/C14H14ClN3OS/c15-13-12-7(3-4-20-12)5-11(17-13)14(19)18-10-6-8-1-2-9(10)16-8/h3-5,8-10,16H,1-2,6H2,(H,18,19)/t8-,9+,10-/m1/s1. The second-order valence-corrected chi connectivity index (χ2v) is 6.77. The number of hydrogen-bond donors (Lipinski definition) is 2. The van der Waals surface area contributed by atoms with Crippen LogP contribution in [0.1, 0.15) is 29.8 Å². The first-order chi connectivity index (χ1) is 9.70. The molecule has 2 saturated heterocycles. The summed E-state index contributed by atoms with van der Waals surface area (Å²) in [5, 5.41) is 9.95. The van der Waals surface area contributed by atoms with Crippen molar-refractivity contribution in [1.29, 1.82) is 0 Å². The molecule has 20 heavy (non-hydrogen) atoms. The maximum Gasteiger partial charge on any atom is 0.270 e. The summed E-state index contributed by atoms with van der Waals surface area (Å²) in [6.45, 7) is 0. The number of carbonyl (C=O) groups is 1. The lowest BCUT2D eigenvalue weighted by molar-refractivity contribution is 0.0926. The summed E-state index contributed by atoms with van der Waals surface area (Å²) in [6, 6.07) is 4.99. The molecular weight excluding hydrogens is 294 g/mol. The molecule has 104 valence electrons. The van der Waals surface area contributed by atoms with Gasteiger partial charge in [0.05, 0.1) is 4.70 Å². The summed E-state index contributed by atoms with van der Waals surface area (Å²) >= 11 is 7.68. The Labute approximate surface area is 125 Å². The molecule has 4 nitrogen and oxygen atoms in total. The molecule has 3 atom stereocenters. The third-order valence-corrected chi connectivity index (χ3v) is 5.57. The van der Waals surface area contributed by atoms with Crippen LogP contribution in [-0.4, -0.2) is 29.0 Å². The van der Waals surface area contributed by atoms with E-state index in [9.17, 15) is 4.79 Å². The van der Waals surface area contributed by atoms with Crippen molar-refractivity contribution < 1.29 is 4.79 Å². The van der Waals surface area contributed by atoms with Crippen molar-refractivity contribution in [3.05, 3.63) is 28.4 Å². The van der Waals surface area contributed by atoms with E-state index in [1.165, 1.54) is 6.42 Å². The molecule has 4 heterocycles. The highest BCUT2D eigenvalue weighted by molar-refractivity contribution is 7.17. The van der Waals surface area contributed by atoms with Gasteiger partial charge in [0.25, 0.3) is 5.91 Å². The summed E-state index contributed by atoms with van der Waals surface area (Å²) in [5.74, 6) is -0.126. The van der Waals surface area contributed by atoms with Gasteiger partial charge in [0, 0.05) is 18.1 Å². The number of nitrogens with zero attached hydrogens (tertiary/aromatic N) is 1. The highest BCUT2D eigenvalue weighted by Gasteiger charge is 2.39. The Morgan fingerprint density at radius 2 is 2.40 bits per heavy atom. The lowest BCUT2D eigenvalue weighted by Gasteiger charge is -2.21. The smallest absolute Gasteiger partial charge is 0.270 e. The van der Waals surface area contributed by atoms with E-state index in [-0.39, 0.29) is 11.9 Å². The number of aromatic nitrogens is 1. The van der Waals surface area contributed by atoms with Crippen LogP contribution in [-0.2, 0) is 0 Å². The van der Waals surface area contributed by atoms with Crippen LogP contribution in [0.5, 0.6) is 0 Å². The highest BCUT2D eigenvalue weighted by atomic mass is 35.5. The van der Waals surface area contributed by atoms with Crippen molar-refractivity contribution in [3.63, 3.8) is 0 Å². The first-order valence-electron chi connectivity index (χ1n) is 6.81. The van der Waals surface area contributed by atoms with Gasteiger partial charge in [0.15, 0.2) is 0 Å². The third kappa shape index (κ3) is 2.01. The van der Waals surface area contributed by atoms with Gasteiger partial charge in [-0.15, -0.1) is 11.3 Å². The van der Waals surface area contributed by atoms with Gasteiger partial charge in [-0.1, -0.05) is 11.6 Å². The number of rotatable bonds is 2. The maximum absolute atomic E-state index is 12.3. The Kier molecular flexibility index (Phi) is 2.94. The minimum absolute atomic E-state index is 0.126. The van der Waals surface area contributed by atoms with Crippen LogP contribution >= 0.6 is 22.9 Å². The molecule has 2 aliphatic rings. The third-order valence-electron chi connectivity index (χ3n) is 4.24. The number of carbonyl (C=O) groups excluding carboxylic acids is 1. The molecule has 0 saturated carbocycles. The first kappa shape index (κ1) is 12.6. The van der Waals surface area contributed by atoms with Gasteiger partial charge in [-0.05, 0) is 42.2 Å². The fourth-order valence-corrected chi connectivity index (χ4v) is 4.37. The largest absolute Gasteiger partial charge is 0.346 e. The van der Waals surface area contributed by atoms with E-state index in [2.05, 4.69) is 15.6 Å². The van der Waals surface area contributed by atoms with Crippen LogP contribution in [0.15, 0.2) is 17.5 Å². The predicted octanol–water partition coefficient (Wildman–Crippen LogP) is 2.57. The molecule has 0 spiro atoms. The van der Waals surface area contributed by atoms with Gasteiger partial charge >= 0.3 is 0 Å². The Hall–Kier alpha value is -1.17. The van der Waals surface area contributed by atoms with E-state index >= 15 is 0 Å². The van der Waals surface area contributed by atoms with Gasteiger partial charge in [-0.3, -0.25) is 4.79 Å². The molecule has 2 aromatic rings. The fraction of sp³-hybridized carbons (Fsp3) is 0.429. The topological polar surface area (TPSA) is 54.0 Å². The average molecular weight is 308 g/mol. The summed E-state index contributed by atoms with van der Waals surface area (Å²) in [7, 11) is 0. The monoisotopic (exact) mass is 307 g/mol. The molecule has 2 fully saturated rings. The predicted molar refractivity (Wildman–Crippen MR) is 80.4 cm³/mol. The molecule has 6 heteroatoms. The van der Waals surface area contributed by atoms with Crippen LogP contribution < -0.4 is 10.6 Å². The molecule has 2 bridgehead atoms. The van der Waals surface area contributed by atoms with E-state index in [0.717, 1.165) is 22.9 Å². The molecule has 0 aliphatic carbocycles. The van der Waals surface area contributed by atoms with E-state index in [1.807, 2.05) is 17.5 Å². The number of hydrogen-bond acceptors (Lipinski definition) is 4. The summed E-state index contributed by atoms with van der Waals surface area (Å²) < 4.78 is 0.935. The molecule has 2 aromatic heterocycles. The fourth-order valence-electron chi connectivity index (χ4n) is 3.28. The van der Waals surface area contributed by atoms with Gasteiger partial charge < -0.3 is 10.6 Å². The SMILES string of the molecule is O=C(N[C@@H]1C[C@H]2CC[C@@H]1N2)c1cc2ccsc2c(Cl)n1. The zero-order chi connectivity index (χ0) is 13.7. The number of halogens is 1. The molecule has 0 unspecified atom stereocenters. The number of thiophene rings is 1. The summed E-state index contributed by atoms with van der Waals surface area (Å²) in [4.78, 5) is 16.6. The van der Waals surface area contributed by atoms with E-state index < -0.39 is 0 Å². The Morgan fingerprint density at radius 1 is 1.50 bits per heavy atom. The molecular formula is C14H14ClN3OS. The van der Waals surface area contributed by atoms with Crippen molar-refractivity contribution in [3.8, 4) is 0 Å². The maximum atomic E-state index is 12.3. The number of fused-ring (bicyclic) bond motifs is 3. The molecule has 0 radical (unpaired) electrons. The number of nitrogens with one attached hydrogen (secondary N) is 2. The number of amides is 1. The summed E-state index contributed by atoms with van der Waals surface area (Å²) in [5.41, 5.74) is 0.406. The molecule has 4 rings (SSSR count). The zero-order valence-electron chi connectivity index (χ0n) is 10.7. The van der Waals surface area contributed by atoms with Crippen molar-refractivity contribution in [1.82, 2.24) is 15.6 Å². The van der Waals surface area contributed by atoms with Crippen molar-refractivity contribution in [2.24, 2.45) is 0 Å². The van der Waals surface area contributed by atoms with Crippen LogP contribution in [0.4, 0.5) is 0 Å². The normalized spacial score (nSPS) is 28.1. The molecule has 0 aromatic carbocycles. The minimum atomic E-state index is -0.126. The molecule has 2 aliphatic heterocycles. The second-order valence-electron chi connectivity index (χ2n) is 5.50. The van der Waals surface area contributed by atoms with Crippen LogP contribution in [0.25, 0.3) is 10.1 Å². The van der Waals surface area contributed by atoms with Gasteiger partial charge in [-0.25, -0.2) is 4.98 Å². The Balaban J connectivity index is 1.57. The van der Waals surface area contributed by atoms with Crippen LogP contribution in [0, 0.1) is 0 Å². The lowest BCUT2D eigenvalue weighted by atomic mass is 9.95. The Morgan fingerprint density at radius 3 is 3.15 bits per heavy atom. The quantitative estimate of drug-likeness (QED) is 0.839. The van der Waals surface area contributed by atoms with Crippen LogP contribution in [0.3, 0.4) is 0 Å². The van der Waals surface area contributed by atoms with E-state index in [0.29, 0.717) is 22.9 Å². The van der Waals surface area contributed by atoms with Gasteiger partial charge in [0.1, 0.15) is 10.8 Å². The van der Waals surface area contributed by atoms with Gasteiger partial charge in [0.2, 0.25) is 0 Å². The lowest BCUT2D eigenvalue weighted by Crippen LogP contribution is -2.43. The second kappa shape index (κ2) is 4.69. The minimum Gasteiger partial charge on any atom is -0.346 e. The number of pyridine rings is 1.